The molecule has 0 spiro atoms. The zero-order valence-electron chi connectivity index (χ0n) is 20.1. The number of nitrogen functional groups attached to an aromatic ring is 1. The van der Waals surface area contributed by atoms with Gasteiger partial charge in [-0.2, -0.15) is 0 Å². The Balaban J connectivity index is 1.31. The summed E-state index contributed by atoms with van der Waals surface area (Å²) in [5.41, 5.74) is 6.08. The van der Waals surface area contributed by atoms with Crippen LogP contribution >= 0.6 is 0 Å². The van der Waals surface area contributed by atoms with Crippen molar-refractivity contribution in [3.63, 3.8) is 0 Å². The summed E-state index contributed by atoms with van der Waals surface area (Å²) >= 11 is 0. The highest BCUT2D eigenvalue weighted by Crippen LogP contribution is 2.29. The van der Waals surface area contributed by atoms with Crippen LogP contribution in [0, 0.1) is 11.7 Å². The van der Waals surface area contributed by atoms with Gasteiger partial charge in [0, 0.05) is 19.0 Å². The zero-order valence-corrected chi connectivity index (χ0v) is 20.1. The minimum Gasteiger partial charge on any atom is -0.381 e. The summed E-state index contributed by atoms with van der Waals surface area (Å²) in [7, 11) is 0. The topological polar surface area (TPSA) is 112 Å². The number of carbonyl (C=O) groups is 2. The van der Waals surface area contributed by atoms with Gasteiger partial charge < -0.3 is 16.0 Å². The molecule has 2 amide bonds. The molecule has 196 valence electrons. The van der Waals surface area contributed by atoms with E-state index >= 15 is 4.39 Å². The first-order valence-electron chi connectivity index (χ1n) is 12.4. The van der Waals surface area contributed by atoms with Gasteiger partial charge in [0.25, 0.3) is 5.91 Å². The molecule has 0 aromatic carbocycles. The number of anilines is 1. The van der Waals surface area contributed by atoms with Crippen LogP contribution in [0.3, 0.4) is 0 Å². The van der Waals surface area contributed by atoms with Crippen molar-refractivity contribution < 1.29 is 22.8 Å². The van der Waals surface area contributed by atoms with Crippen molar-refractivity contribution in [2.24, 2.45) is 5.92 Å². The van der Waals surface area contributed by atoms with E-state index in [4.69, 9.17) is 5.73 Å². The minimum atomic E-state index is -1.22. The number of alkyl halides is 2. The molecule has 3 fully saturated rings. The van der Waals surface area contributed by atoms with Gasteiger partial charge in [-0.3, -0.25) is 19.4 Å². The predicted octanol–water partition coefficient (Wildman–Crippen LogP) is 0.484. The van der Waals surface area contributed by atoms with Gasteiger partial charge in [0.05, 0.1) is 37.6 Å². The number of halogens is 3. The molecule has 36 heavy (non-hydrogen) atoms. The summed E-state index contributed by atoms with van der Waals surface area (Å²) < 4.78 is 43.3. The van der Waals surface area contributed by atoms with Gasteiger partial charge in [0.1, 0.15) is 17.9 Å². The summed E-state index contributed by atoms with van der Waals surface area (Å²) in [6.07, 6.45) is 1.02. The van der Waals surface area contributed by atoms with E-state index in [0.29, 0.717) is 39.0 Å². The fourth-order valence-corrected chi connectivity index (χ4v) is 5.64. The van der Waals surface area contributed by atoms with E-state index in [2.05, 4.69) is 15.4 Å². The summed E-state index contributed by atoms with van der Waals surface area (Å²) in [5, 5.41) is 6.92. The largest absolute Gasteiger partial charge is 0.381 e. The first kappa shape index (κ1) is 24.8. The maximum Gasteiger partial charge on any atom is 0.259 e. The number of carbonyl (C=O) groups excluding carboxylic acids is 2. The van der Waals surface area contributed by atoms with Gasteiger partial charge in [0.2, 0.25) is 5.91 Å². The van der Waals surface area contributed by atoms with E-state index in [-0.39, 0.29) is 48.5 Å². The number of hydrogen-bond acceptors (Lipinski definition) is 7. The molecular formula is C23H31F3N8O2. The highest BCUT2D eigenvalue weighted by molar-refractivity contribution is 6.04. The number of nitrogens with one attached hydrogen (secondary N) is 1. The van der Waals surface area contributed by atoms with Crippen LogP contribution < -0.4 is 11.1 Å². The Morgan fingerprint density at radius 1 is 1.17 bits per heavy atom. The third kappa shape index (κ3) is 4.61. The lowest BCUT2D eigenvalue weighted by Crippen LogP contribution is -2.66. The molecule has 0 aliphatic carbocycles. The molecular weight excluding hydrogens is 477 g/mol. The fourth-order valence-electron chi connectivity index (χ4n) is 5.64. The van der Waals surface area contributed by atoms with Gasteiger partial charge in [0.15, 0.2) is 17.3 Å². The van der Waals surface area contributed by atoms with E-state index in [0.717, 1.165) is 16.9 Å². The Hall–Kier alpha value is -2.93. The standard InChI is InChI=1S/C23H31F3N8O2/c1-2-31-11-16(26)19(32-5-3-13(4-6-32)23(36)33-8-15(25)9-33)17(12-31)29-22(35)18-20(27)30-34-10-14(24)7-28-21(18)34/h7,10,13,15-17,19H,2-6,8-9,11-12H2,1H3,(H2,27,30)(H,29,35). The number of piperidine rings is 2. The summed E-state index contributed by atoms with van der Waals surface area (Å²) in [4.78, 5) is 35.3. The fraction of sp³-hybridized carbons (Fsp3) is 0.652. The van der Waals surface area contributed by atoms with E-state index in [9.17, 15) is 18.4 Å². The second kappa shape index (κ2) is 9.85. The SMILES string of the molecule is CCN1CC(F)C(N2CCC(C(=O)N3CC(F)C3)CC2)C(NC(=O)c2c(N)nn3cc(F)cnc23)C1. The van der Waals surface area contributed by atoms with Crippen LogP contribution in [0.4, 0.5) is 19.0 Å². The molecule has 3 aliphatic heterocycles. The van der Waals surface area contributed by atoms with Crippen molar-refractivity contribution in [3.05, 3.63) is 23.8 Å². The van der Waals surface area contributed by atoms with Crippen LogP contribution in [-0.4, -0.2) is 111 Å². The van der Waals surface area contributed by atoms with Crippen molar-refractivity contribution in [1.82, 2.24) is 34.6 Å². The van der Waals surface area contributed by atoms with Gasteiger partial charge >= 0.3 is 0 Å². The molecule has 3 saturated heterocycles. The maximum atomic E-state index is 15.5. The zero-order chi connectivity index (χ0) is 25.6. The Kier molecular flexibility index (Phi) is 6.77. The number of amides is 2. The van der Waals surface area contributed by atoms with Gasteiger partial charge in [-0.15, -0.1) is 5.10 Å². The van der Waals surface area contributed by atoms with Gasteiger partial charge in [-0.1, -0.05) is 6.92 Å². The van der Waals surface area contributed by atoms with Crippen molar-refractivity contribution in [2.45, 2.75) is 44.2 Å². The maximum absolute atomic E-state index is 15.5. The molecule has 0 saturated carbocycles. The quantitative estimate of drug-likeness (QED) is 0.605. The van der Waals surface area contributed by atoms with E-state index < -0.39 is 36.2 Å². The smallest absolute Gasteiger partial charge is 0.259 e. The second-order valence-corrected chi connectivity index (χ2v) is 9.89. The number of nitrogens with two attached hydrogens (primary N) is 1. The Morgan fingerprint density at radius 2 is 1.89 bits per heavy atom. The number of hydrogen-bond donors (Lipinski definition) is 2. The van der Waals surface area contributed by atoms with Crippen LogP contribution in [0.25, 0.3) is 5.65 Å². The predicted molar refractivity (Wildman–Crippen MR) is 125 cm³/mol. The number of aromatic nitrogens is 3. The molecule has 2 aromatic heterocycles. The number of likely N-dealkylation sites (N-methyl/N-ethyl adjacent to an activating group) is 1. The first-order valence-corrected chi connectivity index (χ1v) is 12.4. The van der Waals surface area contributed by atoms with Crippen molar-refractivity contribution in [3.8, 4) is 0 Å². The molecule has 10 nitrogen and oxygen atoms in total. The average Bonchev–Trinajstić information content (AvgIpc) is 3.16. The molecule has 0 bridgehead atoms. The van der Waals surface area contributed by atoms with Crippen LogP contribution in [-0.2, 0) is 4.79 Å². The Labute approximate surface area is 206 Å². The van der Waals surface area contributed by atoms with Gasteiger partial charge in [-0.25, -0.2) is 22.7 Å². The molecule has 3 unspecified atom stereocenters. The van der Waals surface area contributed by atoms with E-state index in [1.54, 1.807) is 4.90 Å². The van der Waals surface area contributed by atoms with Gasteiger partial charge in [-0.05, 0) is 32.5 Å². The Morgan fingerprint density at radius 3 is 2.56 bits per heavy atom. The molecule has 5 heterocycles. The summed E-state index contributed by atoms with van der Waals surface area (Å²) in [6.45, 7) is 4.58. The summed E-state index contributed by atoms with van der Waals surface area (Å²) in [6, 6.07) is -1.13. The van der Waals surface area contributed by atoms with Crippen LogP contribution in [0.1, 0.15) is 30.1 Å². The molecule has 3 atom stereocenters. The van der Waals surface area contributed by atoms with Crippen molar-refractivity contribution in [1.29, 1.82) is 0 Å². The van der Waals surface area contributed by atoms with Crippen molar-refractivity contribution in [2.75, 3.05) is 51.5 Å². The molecule has 0 radical (unpaired) electrons. The minimum absolute atomic E-state index is 0.0165. The van der Waals surface area contributed by atoms with Crippen LogP contribution in [0.5, 0.6) is 0 Å². The highest BCUT2D eigenvalue weighted by Gasteiger charge is 2.44. The first-order chi connectivity index (χ1) is 17.2. The van der Waals surface area contributed by atoms with Crippen LogP contribution in [0.2, 0.25) is 0 Å². The average molecular weight is 509 g/mol. The van der Waals surface area contributed by atoms with Crippen LogP contribution in [0.15, 0.2) is 12.4 Å². The third-order valence-corrected chi connectivity index (χ3v) is 7.58. The second-order valence-electron chi connectivity index (χ2n) is 9.89. The lowest BCUT2D eigenvalue weighted by Gasteiger charge is -2.48. The third-order valence-electron chi connectivity index (χ3n) is 7.58. The number of nitrogens with zero attached hydrogens (tertiary/aromatic N) is 6. The van der Waals surface area contributed by atoms with E-state index in [1.807, 2.05) is 16.7 Å². The normalized spacial score (nSPS) is 26.8. The Bertz CT molecular complexity index is 1130. The number of likely N-dealkylation sites (tertiary alicyclic amines) is 3. The monoisotopic (exact) mass is 508 g/mol. The summed E-state index contributed by atoms with van der Waals surface area (Å²) in [5.74, 6) is -1.49. The van der Waals surface area contributed by atoms with Crippen molar-refractivity contribution >= 4 is 23.3 Å². The number of rotatable bonds is 5. The molecule has 2 aromatic rings. The molecule has 3 N–H and O–H groups in total. The lowest BCUT2D eigenvalue weighted by atomic mass is 9.89. The molecule has 5 rings (SSSR count). The molecule has 3 aliphatic rings. The highest BCUT2D eigenvalue weighted by atomic mass is 19.1. The molecule has 13 heteroatoms. The lowest BCUT2D eigenvalue weighted by molar-refractivity contribution is -0.144. The number of fused-ring (bicyclic) bond motifs is 1. The van der Waals surface area contributed by atoms with E-state index in [1.165, 1.54) is 0 Å².